The van der Waals surface area contributed by atoms with Crippen LogP contribution in [0.1, 0.15) is 39.7 Å². The van der Waals surface area contributed by atoms with Gasteiger partial charge in [-0.05, 0) is 36.5 Å². The molecule has 1 amide bonds. The van der Waals surface area contributed by atoms with Crippen LogP contribution in [0.25, 0.3) is 0 Å². The van der Waals surface area contributed by atoms with Crippen LogP contribution in [0.3, 0.4) is 0 Å². The predicted octanol–water partition coefficient (Wildman–Crippen LogP) is 2.64. The van der Waals surface area contributed by atoms with Crippen LogP contribution >= 0.6 is 0 Å². The second kappa shape index (κ2) is 6.84. The highest BCUT2D eigenvalue weighted by Gasteiger charge is 2.23. The summed E-state index contributed by atoms with van der Waals surface area (Å²) >= 11 is 0. The number of nitrogens with two attached hydrogens (primary N) is 1. The number of benzene rings is 1. The van der Waals surface area contributed by atoms with E-state index in [-0.39, 0.29) is 29.2 Å². The number of carbonyl (C=O) groups is 1. The molecule has 20 heavy (non-hydrogen) atoms. The fourth-order valence-electron chi connectivity index (χ4n) is 1.86. The number of hydrogen-bond donors (Lipinski definition) is 2. The van der Waals surface area contributed by atoms with Gasteiger partial charge in [-0.1, -0.05) is 32.9 Å². The Hall–Kier alpha value is -1.42. The fourth-order valence-corrected chi connectivity index (χ4v) is 1.86. The van der Waals surface area contributed by atoms with Crippen molar-refractivity contribution in [1.29, 1.82) is 0 Å². The molecule has 2 unspecified atom stereocenters. The zero-order valence-electron chi connectivity index (χ0n) is 12.7. The Labute approximate surface area is 120 Å². The van der Waals surface area contributed by atoms with Crippen molar-refractivity contribution in [2.45, 2.75) is 52.6 Å². The molecule has 0 aliphatic rings. The van der Waals surface area contributed by atoms with E-state index in [1.807, 2.05) is 27.7 Å². The molecule has 3 nitrogen and oxygen atoms in total. The lowest BCUT2D eigenvalue weighted by molar-refractivity contribution is -0.122. The van der Waals surface area contributed by atoms with Gasteiger partial charge < -0.3 is 11.1 Å². The van der Waals surface area contributed by atoms with E-state index >= 15 is 0 Å². The van der Waals surface area contributed by atoms with Gasteiger partial charge in [-0.2, -0.15) is 0 Å². The molecule has 3 N–H and O–H groups in total. The molecule has 0 aliphatic heterocycles. The van der Waals surface area contributed by atoms with Gasteiger partial charge in [0.1, 0.15) is 5.82 Å². The topological polar surface area (TPSA) is 55.1 Å². The lowest BCUT2D eigenvalue weighted by Crippen LogP contribution is -2.42. The van der Waals surface area contributed by atoms with Crippen molar-refractivity contribution >= 4 is 5.91 Å². The van der Waals surface area contributed by atoms with Crippen LogP contribution in [-0.2, 0) is 11.2 Å². The minimum absolute atomic E-state index is 0.000120. The molecule has 0 bridgehead atoms. The highest BCUT2D eigenvalue weighted by molar-refractivity contribution is 5.77. The number of carbonyl (C=O) groups excluding carboxylic acids is 1. The first-order valence-electron chi connectivity index (χ1n) is 6.98. The third kappa shape index (κ3) is 5.70. The molecular weight excluding hydrogens is 255 g/mol. The van der Waals surface area contributed by atoms with Crippen molar-refractivity contribution in [3.63, 3.8) is 0 Å². The Morgan fingerprint density at radius 2 is 1.85 bits per heavy atom. The second-order valence-corrected chi connectivity index (χ2v) is 6.48. The quantitative estimate of drug-likeness (QED) is 0.871. The Morgan fingerprint density at radius 3 is 2.35 bits per heavy atom. The summed E-state index contributed by atoms with van der Waals surface area (Å²) in [5, 5.41) is 2.93. The van der Waals surface area contributed by atoms with Crippen molar-refractivity contribution in [2.24, 2.45) is 11.1 Å². The van der Waals surface area contributed by atoms with E-state index < -0.39 is 0 Å². The molecule has 2 atom stereocenters. The highest BCUT2D eigenvalue weighted by atomic mass is 19.1. The molecule has 0 saturated heterocycles. The molecule has 0 saturated carbocycles. The summed E-state index contributed by atoms with van der Waals surface area (Å²) in [6, 6.07) is 6.16. The Bertz CT molecular complexity index is 437. The molecule has 0 radical (unpaired) electrons. The Balaban J connectivity index is 2.44. The van der Waals surface area contributed by atoms with Gasteiger partial charge in [0.25, 0.3) is 0 Å². The molecule has 0 fully saturated rings. The summed E-state index contributed by atoms with van der Waals surface area (Å²) in [7, 11) is 0. The Morgan fingerprint density at radius 1 is 1.30 bits per heavy atom. The summed E-state index contributed by atoms with van der Waals surface area (Å²) in [6.45, 7) is 8.00. The minimum Gasteiger partial charge on any atom is -0.353 e. The number of nitrogens with one attached hydrogen (secondary N) is 1. The summed E-state index contributed by atoms with van der Waals surface area (Å²) in [6.07, 6.45) is 0.994. The van der Waals surface area contributed by atoms with Gasteiger partial charge in [0.2, 0.25) is 5.91 Å². The van der Waals surface area contributed by atoms with Gasteiger partial charge in [0, 0.05) is 18.5 Å². The Kier molecular flexibility index (Phi) is 5.69. The van der Waals surface area contributed by atoms with Crippen LogP contribution in [-0.4, -0.2) is 18.0 Å². The fraction of sp³-hybridized carbons (Fsp3) is 0.562. The van der Waals surface area contributed by atoms with Crippen molar-refractivity contribution in [1.82, 2.24) is 5.32 Å². The van der Waals surface area contributed by atoms with Crippen molar-refractivity contribution in [2.75, 3.05) is 0 Å². The van der Waals surface area contributed by atoms with Crippen LogP contribution in [0, 0.1) is 11.2 Å². The van der Waals surface area contributed by atoms with Crippen molar-refractivity contribution in [3.05, 3.63) is 35.6 Å². The third-order valence-corrected chi connectivity index (χ3v) is 3.38. The molecule has 112 valence electrons. The average Bonchev–Trinajstić information content (AvgIpc) is 2.30. The molecular formula is C16H25FN2O. The maximum atomic E-state index is 12.8. The number of rotatable bonds is 5. The molecule has 4 heteroatoms. The second-order valence-electron chi connectivity index (χ2n) is 6.48. The zero-order valence-corrected chi connectivity index (χ0v) is 12.7. The smallest absolute Gasteiger partial charge is 0.221 e. The van der Waals surface area contributed by atoms with Crippen molar-refractivity contribution < 1.29 is 9.18 Å². The molecule has 0 spiro atoms. The van der Waals surface area contributed by atoms with E-state index in [9.17, 15) is 9.18 Å². The van der Waals surface area contributed by atoms with Gasteiger partial charge in [-0.25, -0.2) is 4.39 Å². The van der Waals surface area contributed by atoms with Gasteiger partial charge in [0.15, 0.2) is 0 Å². The summed E-state index contributed by atoms with van der Waals surface area (Å²) in [5.74, 6) is -0.288. The zero-order chi connectivity index (χ0) is 15.3. The van der Waals surface area contributed by atoms with Gasteiger partial charge in [-0.3, -0.25) is 4.79 Å². The first-order chi connectivity index (χ1) is 9.18. The lowest BCUT2D eigenvalue weighted by Gasteiger charge is -2.27. The van der Waals surface area contributed by atoms with Gasteiger partial charge in [-0.15, -0.1) is 0 Å². The predicted molar refractivity (Wildman–Crippen MR) is 79.8 cm³/mol. The first-order valence-corrected chi connectivity index (χ1v) is 6.98. The van der Waals surface area contributed by atoms with Gasteiger partial charge in [0.05, 0.1) is 0 Å². The number of hydrogen-bond acceptors (Lipinski definition) is 2. The van der Waals surface area contributed by atoms with Crippen LogP contribution < -0.4 is 11.1 Å². The molecule has 1 aromatic carbocycles. The minimum atomic E-state index is -0.249. The SMILES string of the molecule is CC(Cc1ccc(F)cc1)NC(=O)CC(N)C(C)(C)C. The van der Waals surface area contributed by atoms with Crippen molar-refractivity contribution in [3.8, 4) is 0 Å². The van der Waals surface area contributed by atoms with E-state index in [2.05, 4.69) is 5.32 Å². The number of amides is 1. The summed E-state index contributed by atoms with van der Waals surface area (Å²) < 4.78 is 12.8. The van der Waals surface area contributed by atoms with Gasteiger partial charge >= 0.3 is 0 Å². The average molecular weight is 280 g/mol. The third-order valence-electron chi connectivity index (χ3n) is 3.38. The first kappa shape index (κ1) is 16.6. The van der Waals surface area contributed by atoms with E-state index in [0.717, 1.165) is 5.56 Å². The summed E-state index contributed by atoms with van der Waals surface area (Å²) in [5.41, 5.74) is 6.91. The summed E-state index contributed by atoms with van der Waals surface area (Å²) in [4.78, 5) is 11.9. The maximum absolute atomic E-state index is 12.8. The highest BCUT2D eigenvalue weighted by Crippen LogP contribution is 2.19. The number of halogens is 1. The van der Waals surface area contributed by atoms with E-state index in [1.54, 1.807) is 12.1 Å². The molecule has 0 aliphatic carbocycles. The molecule has 1 aromatic rings. The monoisotopic (exact) mass is 280 g/mol. The standard InChI is InChI=1S/C16H25FN2O/c1-11(9-12-5-7-13(17)8-6-12)19-15(20)10-14(18)16(2,3)4/h5-8,11,14H,9-10,18H2,1-4H3,(H,19,20). The van der Waals surface area contributed by atoms with E-state index in [0.29, 0.717) is 12.8 Å². The van der Waals surface area contributed by atoms with Crippen LogP contribution in [0.4, 0.5) is 4.39 Å². The molecule has 0 heterocycles. The lowest BCUT2D eigenvalue weighted by atomic mass is 9.85. The molecule has 0 aromatic heterocycles. The normalized spacial score (nSPS) is 14.7. The van der Waals surface area contributed by atoms with Crippen LogP contribution in [0.15, 0.2) is 24.3 Å². The maximum Gasteiger partial charge on any atom is 0.221 e. The van der Waals surface area contributed by atoms with E-state index in [4.69, 9.17) is 5.73 Å². The van der Waals surface area contributed by atoms with Crippen LogP contribution in [0.2, 0.25) is 0 Å². The largest absolute Gasteiger partial charge is 0.353 e. The van der Waals surface area contributed by atoms with Crippen LogP contribution in [0.5, 0.6) is 0 Å². The van der Waals surface area contributed by atoms with E-state index in [1.165, 1.54) is 12.1 Å². The molecule has 1 rings (SSSR count).